The van der Waals surface area contributed by atoms with E-state index in [4.69, 9.17) is 0 Å². The number of aryl methyl sites for hydroxylation is 1. The molecule has 24 heavy (non-hydrogen) atoms. The first-order chi connectivity index (χ1) is 11.1. The maximum atomic E-state index is 12.5. The van der Waals surface area contributed by atoms with Crippen molar-refractivity contribution in [1.82, 2.24) is 15.1 Å². The number of carbonyl (C=O) groups is 1. The lowest BCUT2D eigenvalue weighted by Gasteiger charge is -2.28. The molecular formula is C19H26BrN3O. The third kappa shape index (κ3) is 4.26. The zero-order valence-electron chi connectivity index (χ0n) is 15.3. The van der Waals surface area contributed by atoms with Gasteiger partial charge in [0.1, 0.15) is 0 Å². The quantitative estimate of drug-likeness (QED) is 0.834. The molecule has 0 aliphatic carbocycles. The molecule has 0 radical (unpaired) electrons. The first kappa shape index (κ1) is 18.7. The molecule has 4 nitrogen and oxygen atoms in total. The van der Waals surface area contributed by atoms with Crippen LogP contribution < -0.4 is 5.32 Å². The van der Waals surface area contributed by atoms with Crippen LogP contribution >= 0.6 is 15.9 Å². The second kappa shape index (κ2) is 7.09. The summed E-state index contributed by atoms with van der Waals surface area (Å²) < 4.78 is 2.99. The third-order valence-electron chi connectivity index (χ3n) is 4.46. The summed E-state index contributed by atoms with van der Waals surface area (Å²) in [6.45, 7) is 13.1. The monoisotopic (exact) mass is 391 g/mol. The lowest BCUT2D eigenvalue weighted by molar-refractivity contribution is 0.0910. The zero-order valence-corrected chi connectivity index (χ0v) is 16.9. The van der Waals surface area contributed by atoms with Crippen molar-refractivity contribution in [1.29, 1.82) is 0 Å². The van der Waals surface area contributed by atoms with Crippen LogP contribution in [0.1, 0.15) is 55.0 Å². The molecule has 0 aliphatic heterocycles. The second-order valence-corrected chi connectivity index (χ2v) is 8.20. The Morgan fingerprint density at radius 3 is 2.54 bits per heavy atom. The van der Waals surface area contributed by atoms with Crippen LogP contribution in [-0.2, 0) is 6.54 Å². The lowest BCUT2D eigenvalue weighted by atomic mass is 9.88. The highest BCUT2D eigenvalue weighted by atomic mass is 79.9. The van der Waals surface area contributed by atoms with E-state index in [0.717, 1.165) is 21.4 Å². The first-order valence-electron chi connectivity index (χ1n) is 8.19. The van der Waals surface area contributed by atoms with Gasteiger partial charge in [0.05, 0.1) is 22.4 Å². The number of nitrogens with one attached hydrogen (secondary N) is 1. The smallest absolute Gasteiger partial charge is 0.251 e. The van der Waals surface area contributed by atoms with Crippen molar-refractivity contribution >= 4 is 21.8 Å². The van der Waals surface area contributed by atoms with Crippen LogP contribution in [0.3, 0.4) is 0 Å². The van der Waals surface area contributed by atoms with Crippen molar-refractivity contribution in [2.24, 2.45) is 5.41 Å². The second-order valence-electron chi connectivity index (χ2n) is 7.40. The Kier molecular flexibility index (Phi) is 5.53. The van der Waals surface area contributed by atoms with E-state index in [0.29, 0.717) is 12.1 Å². The number of nitrogens with zero attached hydrogens (tertiary/aromatic N) is 2. The van der Waals surface area contributed by atoms with E-state index >= 15 is 0 Å². The van der Waals surface area contributed by atoms with Crippen molar-refractivity contribution in [3.05, 3.63) is 51.3 Å². The predicted molar refractivity (Wildman–Crippen MR) is 101 cm³/mol. The summed E-state index contributed by atoms with van der Waals surface area (Å²) in [7, 11) is 0. The normalized spacial score (nSPS) is 13.0. The van der Waals surface area contributed by atoms with Gasteiger partial charge in [-0.05, 0) is 59.8 Å². The highest BCUT2D eigenvalue weighted by Crippen LogP contribution is 2.21. The molecule has 5 heteroatoms. The van der Waals surface area contributed by atoms with E-state index in [1.807, 2.05) is 49.7 Å². The molecule has 2 rings (SSSR count). The fraction of sp³-hybridized carbons (Fsp3) is 0.474. The molecule has 1 aromatic carbocycles. The molecule has 1 amide bonds. The van der Waals surface area contributed by atoms with Crippen molar-refractivity contribution in [2.45, 2.75) is 54.1 Å². The van der Waals surface area contributed by atoms with Gasteiger partial charge in [-0.3, -0.25) is 9.48 Å². The molecule has 0 saturated heterocycles. The Morgan fingerprint density at radius 1 is 1.33 bits per heavy atom. The van der Waals surface area contributed by atoms with Gasteiger partial charge >= 0.3 is 0 Å². The van der Waals surface area contributed by atoms with E-state index in [-0.39, 0.29) is 17.4 Å². The Labute approximate surface area is 152 Å². The van der Waals surface area contributed by atoms with E-state index in [1.54, 1.807) is 0 Å². The number of aromatic nitrogens is 2. The Balaban J connectivity index is 2.17. The number of rotatable bonds is 4. The summed E-state index contributed by atoms with van der Waals surface area (Å²) in [4.78, 5) is 12.5. The maximum Gasteiger partial charge on any atom is 0.251 e. The standard InChI is InChI=1S/C19H26BrN3O/c1-12-17(20)13(2)23(22-12)11-15-8-7-9-16(10-15)18(24)21-14(3)19(4,5)6/h7-10,14H,11H2,1-6H3,(H,21,24)/t14-/m1/s1. The summed E-state index contributed by atoms with van der Waals surface area (Å²) in [5.74, 6) is -0.0335. The Bertz CT molecular complexity index is 744. The van der Waals surface area contributed by atoms with Gasteiger partial charge in [0.2, 0.25) is 0 Å². The molecule has 0 aliphatic rings. The van der Waals surface area contributed by atoms with Crippen LogP contribution in [0.2, 0.25) is 0 Å². The molecule has 1 atom stereocenters. The number of halogens is 1. The topological polar surface area (TPSA) is 46.9 Å². The van der Waals surface area contributed by atoms with E-state index in [1.165, 1.54) is 0 Å². The highest BCUT2D eigenvalue weighted by Gasteiger charge is 2.22. The molecule has 130 valence electrons. The minimum atomic E-state index is -0.0335. The molecule has 1 aromatic heterocycles. The third-order valence-corrected chi connectivity index (χ3v) is 5.61. The highest BCUT2D eigenvalue weighted by molar-refractivity contribution is 9.10. The molecule has 1 heterocycles. The molecule has 0 spiro atoms. The van der Waals surface area contributed by atoms with Crippen molar-refractivity contribution in [3.8, 4) is 0 Å². The summed E-state index contributed by atoms with van der Waals surface area (Å²) in [6, 6.07) is 7.84. The average Bonchev–Trinajstić information content (AvgIpc) is 2.74. The number of hydrogen-bond donors (Lipinski definition) is 1. The molecule has 1 N–H and O–H groups in total. The molecule has 2 aromatic rings. The SMILES string of the molecule is Cc1nn(Cc2cccc(C(=O)N[C@H](C)C(C)(C)C)c2)c(C)c1Br. The van der Waals surface area contributed by atoms with Crippen LogP contribution in [0.15, 0.2) is 28.7 Å². The minimum Gasteiger partial charge on any atom is -0.349 e. The minimum absolute atomic E-state index is 0.0310. The van der Waals surface area contributed by atoms with E-state index in [2.05, 4.69) is 47.1 Å². The number of amides is 1. The van der Waals surface area contributed by atoms with E-state index in [9.17, 15) is 4.79 Å². The van der Waals surface area contributed by atoms with Gasteiger partial charge in [-0.25, -0.2) is 0 Å². The number of carbonyl (C=O) groups excluding carboxylic acids is 1. The predicted octanol–water partition coefficient (Wildman–Crippen LogP) is 4.48. The Hall–Kier alpha value is -1.62. The van der Waals surface area contributed by atoms with Crippen LogP contribution in [0.5, 0.6) is 0 Å². The van der Waals surface area contributed by atoms with Gasteiger partial charge in [-0.15, -0.1) is 0 Å². The van der Waals surface area contributed by atoms with Gasteiger partial charge in [-0.1, -0.05) is 32.9 Å². The average molecular weight is 392 g/mol. The van der Waals surface area contributed by atoms with Crippen LogP contribution in [0, 0.1) is 19.3 Å². The van der Waals surface area contributed by atoms with Crippen LogP contribution in [0.25, 0.3) is 0 Å². The summed E-state index contributed by atoms with van der Waals surface area (Å²) >= 11 is 3.55. The fourth-order valence-corrected chi connectivity index (χ4v) is 2.59. The summed E-state index contributed by atoms with van der Waals surface area (Å²) in [5.41, 5.74) is 3.83. The molecule has 0 fully saturated rings. The largest absolute Gasteiger partial charge is 0.349 e. The van der Waals surface area contributed by atoms with Gasteiger partial charge in [0.25, 0.3) is 5.91 Å². The van der Waals surface area contributed by atoms with Gasteiger partial charge in [0, 0.05) is 11.6 Å². The zero-order chi connectivity index (χ0) is 18.1. The lowest BCUT2D eigenvalue weighted by Crippen LogP contribution is -2.41. The summed E-state index contributed by atoms with van der Waals surface area (Å²) in [5, 5.41) is 7.61. The maximum absolute atomic E-state index is 12.5. The van der Waals surface area contributed by atoms with Crippen LogP contribution in [-0.4, -0.2) is 21.7 Å². The molecule has 0 unspecified atom stereocenters. The van der Waals surface area contributed by atoms with Crippen molar-refractivity contribution < 1.29 is 4.79 Å². The van der Waals surface area contributed by atoms with E-state index < -0.39 is 0 Å². The molecule has 0 bridgehead atoms. The first-order valence-corrected chi connectivity index (χ1v) is 8.98. The summed E-state index contributed by atoms with van der Waals surface area (Å²) in [6.07, 6.45) is 0. The molecular weight excluding hydrogens is 366 g/mol. The number of benzene rings is 1. The van der Waals surface area contributed by atoms with Gasteiger partial charge < -0.3 is 5.32 Å². The van der Waals surface area contributed by atoms with Crippen LogP contribution in [0.4, 0.5) is 0 Å². The number of hydrogen-bond acceptors (Lipinski definition) is 2. The Morgan fingerprint density at radius 2 is 2.00 bits per heavy atom. The van der Waals surface area contributed by atoms with Gasteiger partial charge in [0.15, 0.2) is 0 Å². The van der Waals surface area contributed by atoms with Gasteiger partial charge in [-0.2, -0.15) is 5.10 Å². The van der Waals surface area contributed by atoms with Crippen molar-refractivity contribution in [3.63, 3.8) is 0 Å². The van der Waals surface area contributed by atoms with Crippen molar-refractivity contribution in [2.75, 3.05) is 0 Å². The molecule has 0 saturated carbocycles. The fourth-order valence-electron chi connectivity index (χ4n) is 2.31.